The molecule has 5 nitrogen and oxygen atoms in total. The van der Waals surface area contributed by atoms with E-state index in [1.165, 1.54) is 0 Å². The van der Waals surface area contributed by atoms with Gasteiger partial charge in [-0.05, 0) is 24.3 Å². The number of fused-ring (bicyclic) bond motifs is 1. The third-order valence-electron chi connectivity index (χ3n) is 3.21. The molecule has 0 unspecified atom stereocenters. The number of hydrogen-bond acceptors (Lipinski definition) is 3. The molecular formula is C16H15N3O2. The molecule has 1 aromatic heterocycles. The molecule has 3 N–H and O–H groups in total. The number of carbonyl (C=O) groups is 1. The van der Waals surface area contributed by atoms with Crippen molar-refractivity contribution in [3.8, 4) is 11.4 Å². The second-order valence-electron chi connectivity index (χ2n) is 4.66. The number of aromatic nitrogens is 2. The van der Waals surface area contributed by atoms with Crippen LogP contribution in [0.2, 0.25) is 0 Å². The van der Waals surface area contributed by atoms with Crippen LogP contribution in [0, 0.1) is 0 Å². The largest absolute Gasteiger partial charge is 0.395 e. The van der Waals surface area contributed by atoms with Crippen molar-refractivity contribution < 1.29 is 9.90 Å². The van der Waals surface area contributed by atoms with E-state index in [4.69, 9.17) is 5.11 Å². The van der Waals surface area contributed by atoms with E-state index < -0.39 is 0 Å². The predicted molar refractivity (Wildman–Crippen MR) is 80.9 cm³/mol. The van der Waals surface area contributed by atoms with Crippen molar-refractivity contribution in [2.75, 3.05) is 13.2 Å². The Labute approximate surface area is 121 Å². The van der Waals surface area contributed by atoms with Gasteiger partial charge in [-0.3, -0.25) is 4.79 Å². The number of carbonyl (C=O) groups excluding carboxylic acids is 1. The third-order valence-corrected chi connectivity index (χ3v) is 3.21. The lowest BCUT2D eigenvalue weighted by atomic mass is 10.1. The van der Waals surface area contributed by atoms with Crippen LogP contribution in [-0.4, -0.2) is 34.1 Å². The molecule has 0 spiro atoms. The molecule has 1 heterocycles. The third kappa shape index (κ3) is 2.78. The van der Waals surface area contributed by atoms with Crippen molar-refractivity contribution in [2.24, 2.45) is 0 Å². The van der Waals surface area contributed by atoms with Gasteiger partial charge in [0, 0.05) is 17.7 Å². The SMILES string of the molecule is O=C(NCCO)c1ccc(-c2nc3ccccc3[nH]2)cc1. The molecule has 0 atom stereocenters. The van der Waals surface area contributed by atoms with Gasteiger partial charge < -0.3 is 15.4 Å². The zero-order chi connectivity index (χ0) is 14.7. The first kappa shape index (κ1) is 13.3. The van der Waals surface area contributed by atoms with Crippen LogP contribution in [0.3, 0.4) is 0 Å². The quantitative estimate of drug-likeness (QED) is 0.684. The van der Waals surface area contributed by atoms with Crippen LogP contribution in [0.1, 0.15) is 10.4 Å². The molecule has 0 aliphatic heterocycles. The summed E-state index contributed by atoms with van der Waals surface area (Å²) in [6.07, 6.45) is 0. The molecule has 2 aromatic carbocycles. The van der Waals surface area contributed by atoms with E-state index in [1.807, 2.05) is 36.4 Å². The summed E-state index contributed by atoms with van der Waals surface area (Å²) < 4.78 is 0. The van der Waals surface area contributed by atoms with Gasteiger partial charge in [-0.1, -0.05) is 24.3 Å². The average molecular weight is 281 g/mol. The number of nitrogens with one attached hydrogen (secondary N) is 2. The number of aromatic amines is 1. The summed E-state index contributed by atoms with van der Waals surface area (Å²) in [5.41, 5.74) is 3.38. The summed E-state index contributed by atoms with van der Waals surface area (Å²) in [6, 6.07) is 15.0. The predicted octanol–water partition coefficient (Wildman–Crippen LogP) is 1.95. The minimum Gasteiger partial charge on any atom is -0.395 e. The summed E-state index contributed by atoms with van der Waals surface area (Å²) in [7, 11) is 0. The Morgan fingerprint density at radius 3 is 2.62 bits per heavy atom. The van der Waals surface area contributed by atoms with Crippen molar-refractivity contribution in [3.05, 3.63) is 54.1 Å². The summed E-state index contributed by atoms with van der Waals surface area (Å²) >= 11 is 0. The number of para-hydroxylation sites is 2. The Morgan fingerprint density at radius 1 is 1.14 bits per heavy atom. The molecule has 5 heteroatoms. The zero-order valence-electron chi connectivity index (χ0n) is 11.3. The van der Waals surface area contributed by atoms with Gasteiger partial charge in [0.05, 0.1) is 17.6 Å². The maximum atomic E-state index is 11.7. The Balaban J connectivity index is 1.85. The molecule has 21 heavy (non-hydrogen) atoms. The number of benzene rings is 2. The fourth-order valence-electron chi connectivity index (χ4n) is 2.14. The summed E-state index contributed by atoms with van der Waals surface area (Å²) in [5.74, 6) is 0.582. The first-order valence-corrected chi connectivity index (χ1v) is 6.72. The van der Waals surface area contributed by atoms with Gasteiger partial charge in [-0.15, -0.1) is 0 Å². The van der Waals surface area contributed by atoms with Crippen LogP contribution in [0.4, 0.5) is 0 Å². The van der Waals surface area contributed by atoms with E-state index in [2.05, 4.69) is 15.3 Å². The van der Waals surface area contributed by atoms with Gasteiger partial charge in [0.1, 0.15) is 5.82 Å². The lowest BCUT2D eigenvalue weighted by molar-refractivity contribution is 0.0945. The van der Waals surface area contributed by atoms with Crippen molar-refractivity contribution in [1.82, 2.24) is 15.3 Å². The van der Waals surface area contributed by atoms with Crippen molar-refractivity contribution in [3.63, 3.8) is 0 Å². The minimum atomic E-state index is -0.194. The molecule has 0 saturated heterocycles. The second kappa shape index (κ2) is 5.76. The molecule has 0 bridgehead atoms. The summed E-state index contributed by atoms with van der Waals surface area (Å²) in [6.45, 7) is 0.187. The number of imidazole rings is 1. The number of H-pyrrole nitrogens is 1. The first-order chi connectivity index (χ1) is 10.3. The van der Waals surface area contributed by atoms with Gasteiger partial charge in [-0.25, -0.2) is 4.98 Å². The molecule has 3 rings (SSSR count). The standard InChI is InChI=1S/C16H15N3O2/c20-10-9-17-16(21)12-7-5-11(6-8-12)15-18-13-3-1-2-4-14(13)19-15/h1-8,20H,9-10H2,(H,17,21)(H,18,19). The van der Waals surface area contributed by atoms with E-state index >= 15 is 0 Å². The Bertz CT molecular complexity index is 730. The van der Waals surface area contributed by atoms with Gasteiger partial charge in [-0.2, -0.15) is 0 Å². The maximum Gasteiger partial charge on any atom is 0.251 e. The molecule has 1 amide bonds. The van der Waals surface area contributed by atoms with Gasteiger partial charge >= 0.3 is 0 Å². The smallest absolute Gasteiger partial charge is 0.251 e. The average Bonchev–Trinajstić information content (AvgIpc) is 2.96. The number of hydrogen-bond donors (Lipinski definition) is 3. The lowest BCUT2D eigenvalue weighted by Gasteiger charge is -2.03. The van der Waals surface area contributed by atoms with E-state index in [9.17, 15) is 4.79 Å². The van der Waals surface area contributed by atoms with Gasteiger partial charge in [0.2, 0.25) is 0 Å². The number of aliphatic hydroxyl groups is 1. The van der Waals surface area contributed by atoms with Crippen molar-refractivity contribution in [1.29, 1.82) is 0 Å². The fraction of sp³-hybridized carbons (Fsp3) is 0.125. The summed E-state index contributed by atoms with van der Waals surface area (Å²) in [5, 5.41) is 11.3. The highest BCUT2D eigenvalue weighted by Gasteiger charge is 2.07. The molecule has 106 valence electrons. The van der Waals surface area contributed by atoms with Crippen LogP contribution in [0.5, 0.6) is 0 Å². The van der Waals surface area contributed by atoms with Crippen LogP contribution < -0.4 is 5.32 Å². The highest BCUT2D eigenvalue weighted by Crippen LogP contribution is 2.20. The Morgan fingerprint density at radius 2 is 1.90 bits per heavy atom. The van der Waals surface area contributed by atoms with Gasteiger partial charge in [0.15, 0.2) is 0 Å². The maximum absolute atomic E-state index is 11.7. The topological polar surface area (TPSA) is 78.0 Å². The number of rotatable bonds is 4. The van der Waals surface area contributed by atoms with E-state index in [1.54, 1.807) is 12.1 Å². The van der Waals surface area contributed by atoms with Crippen molar-refractivity contribution in [2.45, 2.75) is 0 Å². The lowest BCUT2D eigenvalue weighted by Crippen LogP contribution is -2.26. The highest BCUT2D eigenvalue weighted by molar-refractivity contribution is 5.94. The monoisotopic (exact) mass is 281 g/mol. The summed E-state index contributed by atoms with van der Waals surface area (Å²) in [4.78, 5) is 19.5. The van der Waals surface area contributed by atoms with Gasteiger partial charge in [0.25, 0.3) is 5.91 Å². The second-order valence-corrected chi connectivity index (χ2v) is 4.66. The number of aliphatic hydroxyl groups excluding tert-OH is 1. The molecule has 0 aliphatic rings. The number of amides is 1. The van der Waals surface area contributed by atoms with Crippen LogP contribution >= 0.6 is 0 Å². The van der Waals surface area contributed by atoms with Crippen LogP contribution in [-0.2, 0) is 0 Å². The van der Waals surface area contributed by atoms with Crippen molar-refractivity contribution >= 4 is 16.9 Å². The van der Waals surface area contributed by atoms with E-state index in [0.29, 0.717) is 5.56 Å². The highest BCUT2D eigenvalue weighted by atomic mass is 16.3. The fourth-order valence-corrected chi connectivity index (χ4v) is 2.14. The molecule has 0 saturated carbocycles. The molecule has 0 radical (unpaired) electrons. The molecule has 3 aromatic rings. The van der Waals surface area contributed by atoms with E-state index in [-0.39, 0.29) is 19.1 Å². The van der Waals surface area contributed by atoms with Crippen LogP contribution in [0.25, 0.3) is 22.4 Å². The Hall–Kier alpha value is -2.66. The molecule has 0 fully saturated rings. The van der Waals surface area contributed by atoms with Crippen LogP contribution in [0.15, 0.2) is 48.5 Å². The first-order valence-electron chi connectivity index (χ1n) is 6.72. The Kier molecular flexibility index (Phi) is 3.66. The zero-order valence-corrected chi connectivity index (χ0v) is 11.3. The van der Waals surface area contributed by atoms with E-state index in [0.717, 1.165) is 22.4 Å². The normalized spacial score (nSPS) is 10.7. The number of nitrogens with zero attached hydrogens (tertiary/aromatic N) is 1. The minimum absolute atomic E-state index is 0.0667. The molecular weight excluding hydrogens is 266 g/mol. The molecule has 0 aliphatic carbocycles.